The van der Waals surface area contributed by atoms with Gasteiger partial charge in [-0.05, 0) is 60.8 Å². The summed E-state index contributed by atoms with van der Waals surface area (Å²) in [5, 5.41) is 6.06. The van der Waals surface area contributed by atoms with Gasteiger partial charge in [0.2, 0.25) is 0 Å². The van der Waals surface area contributed by atoms with Crippen LogP contribution < -0.4 is 15.4 Å². The molecule has 0 aromatic heterocycles. The summed E-state index contributed by atoms with van der Waals surface area (Å²) >= 11 is 0. The predicted molar refractivity (Wildman–Crippen MR) is 133 cm³/mol. The fourth-order valence-electron chi connectivity index (χ4n) is 4.13. The van der Waals surface area contributed by atoms with E-state index in [1.54, 1.807) is 12.1 Å². The summed E-state index contributed by atoms with van der Waals surface area (Å²) in [6.07, 6.45) is -4.50. The molecule has 198 valence electrons. The maximum absolute atomic E-state index is 13.2. The average molecular weight is 527 g/mol. The molecular formula is C28H25F3N2O5. The number of hydrogen-bond donors (Lipinski definition) is 2. The van der Waals surface area contributed by atoms with Gasteiger partial charge in [0.15, 0.2) is 0 Å². The molecule has 7 nitrogen and oxygen atoms in total. The molecular weight excluding hydrogens is 501 g/mol. The van der Waals surface area contributed by atoms with Crippen LogP contribution >= 0.6 is 0 Å². The second kappa shape index (κ2) is 11.9. The van der Waals surface area contributed by atoms with Crippen molar-refractivity contribution in [2.45, 2.75) is 31.2 Å². The van der Waals surface area contributed by atoms with Crippen LogP contribution in [0.4, 0.5) is 13.2 Å². The fraction of sp³-hybridized carbons (Fsp3) is 0.250. The molecule has 0 radical (unpaired) electrons. The van der Waals surface area contributed by atoms with E-state index >= 15 is 0 Å². The molecule has 3 aromatic carbocycles. The van der Waals surface area contributed by atoms with Crippen molar-refractivity contribution in [3.8, 4) is 16.9 Å². The number of benzene rings is 3. The van der Waals surface area contributed by atoms with Gasteiger partial charge in [0.05, 0.1) is 11.6 Å². The molecule has 1 aliphatic rings. The van der Waals surface area contributed by atoms with E-state index < -0.39 is 36.2 Å². The largest absolute Gasteiger partial charge is 0.491 e. The normalized spacial score (nSPS) is 17.7. The number of carbonyl (C=O) groups excluding carboxylic acids is 3. The van der Waals surface area contributed by atoms with Gasteiger partial charge < -0.3 is 20.1 Å². The van der Waals surface area contributed by atoms with E-state index in [-0.39, 0.29) is 11.3 Å². The van der Waals surface area contributed by atoms with Crippen molar-refractivity contribution in [3.05, 3.63) is 90.0 Å². The average Bonchev–Trinajstić information content (AvgIpc) is 3.13. The summed E-state index contributed by atoms with van der Waals surface area (Å²) in [6.45, 7) is 1.03. The van der Waals surface area contributed by atoms with Gasteiger partial charge in [-0.1, -0.05) is 48.5 Å². The van der Waals surface area contributed by atoms with Crippen molar-refractivity contribution in [1.29, 1.82) is 0 Å². The summed E-state index contributed by atoms with van der Waals surface area (Å²) in [6, 6.07) is 20.7. The molecule has 38 heavy (non-hydrogen) atoms. The molecule has 3 aromatic rings. The number of hydrogen-bond acceptors (Lipinski definition) is 6. The molecule has 1 amide bonds. The summed E-state index contributed by atoms with van der Waals surface area (Å²) < 4.78 is 47.4. The quantitative estimate of drug-likeness (QED) is 0.362. The first kappa shape index (κ1) is 26.9. The lowest BCUT2D eigenvalue weighted by atomic mass is 9.99. The van der Waals surface area contributed by atoms with E-state index in [0.717, 1.165) is 29.7 Å². The van der Waals surface area contributed by atoms with Crippen LogP contribution in [0.15, 0.2) is 78.9 Å². The SMILES string of the molecule is O=C(N[C@@H]1CNCCC[C@H]1OC(=O)c1ccccc1-c1ccccc1)c1ccc(OC(=O)C(F)(F)F)cc1. The van der Waals surface area contributed by atoms with Crippen molar-refractivity contribution >= 4 is 17.8 Å². The number of rotatable bonds is 6. The van der Waals surface area contributed by atoms with Crippen molar-refractivity contribution in [2.24, 2.45) is 0 Å². The molecule has 0 unspecified atom stereocenters. The highest BCUT2D eigenvalue weighted by Gasteiger charge is 2.41. The highest BCUT2D eigenvalue weighted by molar-refractivity contribution is 5.97. The minimum absolute atomic E-state index is 0.139. The monoisotopic (exact) mass is 526 g/mol. The maximum Gasteiger partial charge on any atom is 0.491 e. The van der Waals surface area contributed by atoms with Crippen molar-refractivity contribution in [2.75, 3.05) is 13.1 Å². The molecule has 4 rings (SSSR count). The minimum atomic E-state index is -5.13. The van der Waals surface area contributed by atoms with Gasteiger partial charge in [-0.3, -0.25) is 4.79 Å². The predicted octanol–water partition coefficient (Wildman–Crippen LogP) is 4.53. The first-order chi connectivity index (χ1) is 18.2. The first-order valence-electron chi connectivity index (χ1n) is 12.0. The fourth-order valence-corrected chi connectivity index (χ4v) is 4.13. The summed E-state index contributed by atoms with van der Waals surface area (Å²) in [7, 11) is 0. The Morgan fingerprint density at radius 1 is 0.895 bits per heavy atom. The van der Waals surface area contributed by atoms with Gasteiger partial charge in [0, 0.05) is 12.1 Å². The highest BCUT2D eigenvalue weighted by Crippen LogP contribution is 2.25. The molecule has 1 fully saturated rings. The first-order valence-corrected chi connectivity index (χ1v) is 12.0. The molecule has 1 saturated heterocycles. The van der Waals surface area contributed by atoms with Crippen LogP contribution in [-0.2, 0) is 9.53 Å². The third-order valence-electron chi connectivity index (χ3n) is 6.02. The number of nitrogens with one attached hydrogen (secondary N) is 2. The Balaban J connectivity index is 1.45. The Kier molecular flexibility index (Phi) is 8.42. The third kappa shape index (κ3) is 6.77. The summed E-state index contributed by atoms with van der Waals surface area (Å²) in [4.78, 5) is 37.1. The van der Waals surface area contributed by atoms with Gasteiger partial charge in [-0.15, -0.1) is 0 Å². The Hall–Kier alpha value is -4.18. The number of carbonyl (C=O) groups is 3. The zero-order valence-electron chi connectivity index (χ0n) is 20.2. The van der Waals surface area contributed by atoms with Crippen LogP contribution in [0.5, 0.6) is 5.75 Å². The van der Waals surface area contributed by atoms with Crippen molar-refractivity contribution in [3.63, 3.8) is 0 Å². The lowest BCUT2D eigenvalue weighted by molar-refractivity contribution is -0.189. The second-order valence-electron chi connectivity index (χ2n) is 8.69. The Morgan fingerprint density at radius 2 is 1.58 bits per heavy atom. The molecule has 0 aliphatic carbocycles. The van der Waals surface area contributed by atoms with Crippen molar-refractivity contribution < 1.29 is 37.0 Å². The molecule has 2 atom stereocenters. The van der Waals surface area contributed by atoms with Gasteiger partial charge in [-0.25, -0.2) is 9.59 Å². The van der Waals surface area contributed by atoms with Crippen LogP contribution in [0, 0.1) is 0 Å². The Labute approximate surface area is 216 Å². The topological polar surface area (TPSA) is 93.7 Å². The van der Waals surface area contributed by atoms with Gasteiger partial charge in [-0.2, -0.15) is 13.2 Å². The van der Waals surface area contributed by atoms with Crippen molar-refractivity contribution in [1.82, 2.24) is 10.6 Å². The smallest absolute Gasteiger partial charge is 0.457 e. The van der Waals surface area contributed by atoms with E-state index in [1.165, 1.54) is 12.1 Å². The van der Waals surface area contributed by atoms with Gasteiger partial charge in [0.25, 0.3) is 5.91 Å². The minimum Gasteiger partial charge on any atom is -0.457 e. The standard InChI is InChI=1S/C28H25F3N2O5/c29-28(30,31)27(36)37-20-14-12-19(13-15-20)25(34)33-23-17-32-16-6-11-24(23)38-26(35)22-10-5-4-9-21(22)18-7-2-1-3-8-18/h1-5,7-10,12-15,23-24,32H,6,11,16-17H2,(H,33,34)/t23-,24-/m1/s1. The van der Waals surface area contributed by atoms with Crippen LogP contribution in [0.2, 0.25) is 0 Å². The third-order valence-corrected chi connectivity index (χ3v) is 6.02. The number of halogens is 3. The van der Waals surface area contributed by atoms with E-state index in [9.17, 15) is 27.6 Å². The Morgan fingerprint density at radius 3 is 2.29 bits per heavy atom. The number of ether oxygens (including phenoxy) is 2. The zero-order chi connectivity index (χ0) is 27.1. The maximum atomic E-state index is 13.2. The second-order valence-corrected chi connectivity index (χ2v) is 8.69. The number of amides is 1. The Bertz CT molecular complexity index is 1280. The zero-order valence-corrected chi connectivity index (χ0v) is 20.2. The molecule has 1 heterocycles. The number of alkyl halides is 3. The molecule has 1 aliphatic heterocycles. The van der Waals surface area contributed by atoms with E-state index in [0.29, 0.717) is 25.1 Å². The van der Waals surface area contributed by atoms with Crippen LogP contribution in [-0.4, -0.2) is 49.3 Å². The number of esters is 2. The van der Waals surface area contributed by atoms with E-state index in [4.69, 9.17) is 4.74 Å². The molecule has 0 bridgehead atoms. The lowest BCUT2D eigenvalue weighted by Crippen LogP contribution is -2.49. The van der Waals surface area contributed by atoms with Gasteiger partial charge >= 0.3 is 18.1 Å². The lowest BCUT2D eigenvalue weighted by Gasteiger charge is -2.26. The molecule has 0 spiro atoms. The van der Waals surface area contributed by atoms with E-state index in [2.05, 4.69) is 15.4 Å². The van der Waals surface area contributed by atoms with Gasteiger partial charge in [0.1, 0.15) is 11.9 Å². The summed E-state index contributed by atoms with van der Waals surface area (Å²) in [5.74, 6) is -3.72. The van der Waals surface area contributed by atoms with Crippen LogP contribution in [0.25, 0.3) is 11.1 Å². The molecule has 0 saturated carbocycles. The van der Waals surface area contributed by atoms with Crippen LogP contribution in [0.1, 0.15) is 33.6 Å². The summed E-state index contributed by atoms with van der Waals surface area (Å²) in [5.41, 5.74) is 2.15. The molecule has 10 heteroatoms. The van der Waals surface area contributed by atoms with Crippen LogP contribution in [0.3, 0.4) is 0 Å². The molecule has 2 N–H and O–H groups in total. The highest BCUT2D eigenvalue weighted by atomic mass is 19.4. The van der Waals surface area contributed by atoms with E-state index in [1.807, 2.05) is 42.5 Å².